The van der Waals surface area contributed by atoms with Gasteiger partial charge in [-0.25, -0.2) is 4.98 Å². The van der Waals surface area contributed by atoms with E-state index in [-0.39, 0.29) is 0 Å². The number of aromatic nitrogens is 5. The van der Waals surface area contributed by atoms with Crippen LogP contribution in [-0.2, 0) is 6.42 Å². The normalized spacial score (nSPS) is 11.2. The van der Waals surface area contributed by atoms with E-state index < -0.39 is 0 Å². The highest BCUT2D eigenvalue weighted by Gasteiger charge is 2.14. The van der Waals surface area contributed by atoms with Crippen molar-refractivity contribution in [2.75, 3.05) is 11.9 Å². The summed E-state index contributed by atoms with van der Waals surface area (Å²) in [6, 6.07) is 25.8. The molecule has 0 aliphatic rings. The Morgan fingerprint density at radius 3 is 2.68 bits per heavy atom. The summed E-state index contributed by atoms with van der Waals surface area (Å²) in [5, 5.41) is 12.0. The van der Waals surface area contributed by atoms with Crippen LogP contribution in [-0.4, -0.2) is 31.7 Å². The number of para-hydroxylation sites is 1. The highest BCUT2D eigenvalue weighted by molar-refractivity contribution is 5.94. The van der Waals surface area contributed by atoms with Crippen LogP contribution in [0.2, 0.25) is 0 Å². The molecule has 7 nitrogen and oxygen atoms in total. The molecule has 0 bridgehead atoms. The second-order valence-corrected chi connectivity index (χ2v) is 8.05. The minimum absolute atomic E-state index is 0.714. The molecule has 0 fully saturated rings. The van der Waals surface area contributed by atoms with Gasteiger partial charge in [-0.15, -0.1) is 0 Å². The molecular formula is C27H22N6O. The summed E-state index contributed by atoms with van der Waals surface area (Å²) in [4.78, 5) is 12.4. The minimum Gasteiger partial charge on any atom is -0.457 e. The third-order valence-corrected chi connectivity index (χ3v) is 5.68. The molecule has 0 saturated heterocycles. The summed E-state index contributed by atoms with van der Waals surface area (Å²) in [5.74, 6) is 2.25. The highest BCUT2D eigenvalue weighted by Crippen LogP contribution is 2.31. The number of nitrogens with zero attached hydrogens (tertiary/aromatic N) is 3. The zero-order chi connectivity index (χ0) is 22.7. The van der Waals surface area contributed by atoms with E-state index in [4.69, 9.17) is 9.72 Å². The molecule has 34 heavy (non-hydrogen) atoms. The molecule has 0 unspecified atom stereocenters. The summed E-state index contributed by atoms with van der Waals surface area (Å²) in [5.41, 5.74) is 5.78. The Kier molecular flexibility index (Phi) is 5.12. The molecule has 0 amide bonds. The van der Waals surface area contributed by atoms with Crippen LogP contribution in [0.4, 0.5) is 5.69 Å². The number of fused-ring (bicyclic) bond motifs is 2. The van der Waals surface area contributed by atoms with E-state index in [2.05, 4.69) is 37.6 Å². The van der Waals surface area contributed by atoms with Crippen molar-refractivity contribution in [3.8, 4) is 23.0 Å². The molecule has 7 heteroatoms. The number of hydrogen-bond donors (Lipinski definition) is 3. The van der Waals surface area contributed by atoms with Gasteiger partial charge in [-0.3, -0.25) is 10.1 Å². The first-order valence-corrected chi connectivity index (χ1v) is 11.2. The number of hydrogen-bond acceptors (Lipinski definition) is 5. The number of benzene rings is 3. The van der Waals surface area contributed by atoms with Gasteiger partial charge in [-0.1, -0.05) is 24.3 Å². The molecule has 6 aromatic rings. The fourth-order valence-corrected chi connectivity index (χ4v) is 3.99. The quantitative estimate of drug-likeness (QED) is 0.282. The van der Waals surface area contributed by atoms with Crippen LogP contribution < -0.4 is 10.1 Å². The topological polar surface area (TPSA) is 91.5 Å². The molecule has 0 atom stereocenters. The van der Waals surface area contributed by atoms with Gasteiger partial charge in [0, 0.05) is 30.0 Å². The summed E-state index contributed by atoms with van der Waals surface area (Å²) in [6.45, 7) is 0.826. The third kappa shape index (κ3) is 4.06. The molecule has 0 saturated carbocycles. The van der Waals surface area contributed by atoms with Gasteiger partial charge in [-0.05, 0) is 66.6 Å². The van der Waals surface area contributed by atoms with Crippen LogP contribution in [0.5, 0.6) is 11.5 Å². The van der Waals surface area contributed by atoms with Crippen molar-refractivity contribution < 1.29 is 4.74 Å². The van der Waals surface area contributed by atoms with Crippen molar-refractivity contribution in [3.05, 3.63) is 96.8 Å². The van der Waals surface area contributed by atoms with Gasteiger partial charge in [0.2, 0.25) is 0 Å². The largest absolute Gasteiger partial charge is 0.457 e. The maximum atomic E-state index is 6.01. The lowest BCUT2D eigenvalue weighted by atomic mass is 10.2. The van der Waals surface area contributed by atoms with Crippen LogP contribution >= 0.6 is 0 Å². The van der Waals surface area contributed by atoms with Crippen LogP contribution in [0.25, 0.3) is 33.5 Å². The average Bonchev–Trinajstić information content (AvgIpc) is 3.49. The molecule has 0 radical (unpaired) electrons. The second-order valence-electron chi connectivity index (χ2n) is 8.05. The highest BCUT2D eigenvalue weighted by atomic mass is 16.5. The summed E-state index contributed by atoms with van der Waals surface area (Å²) in [7, 11) is 0. The minimum atomic E-state index is 0.714. The second kappa shape index (κ2) is 8.71. The van der Waals surface area contributed by atoms with E-state index in [9.17, 15) is 0 Å². The Morgan fingerprint density at radius 2 is 1.79 bits per heavy atom. The summed E-state index contributed by atoms with van der Waals surface area (Å²) >= 11 is 0. The lowest BCUT2D eigenvalue weighted by Gasteiger charge is -2.06. The fraction of sp³-hybridized carbons (Fsp3) is 0.0741. The van der Waals surface area contributed by atoms with E-state index in [1.54, 1.807) is 6.20 Å². The maximum Gasteiger partial charge on any atom is 0.159 e. The van der Waals surface area contributed by atoms with E-state index in [1.807, 2.05) is 72.9 Å². The molecule has 3 aromatic heterocycles. The van der Waals surface area contributed by atoms with Gasteiger partial charge in [-0.2, -0.15) is 5.10 Å². The molecule has 0 aliphatic heterocycles. The van der Waals surface area contributed by atoms with E-state index in [0.717, 1.165) is 57.8 Å². The van der Waals surface area contributed by atoms with Crippen LogP contribution in [0.15, 0.2) is 91.3 Å². The summed E-state index contributed by atoms with van der Waals surface area (Å²) in [6.07, 6.45) is 4.60. The number of H-pyrrole nitrogens is 2. The lowest BCUT2D eigenvalue weighted by molar-refractivity contribution is 0.483. The molecule has 3 N–H and O–H groups in total. The van der Waals surface area contributed by atoms with E-state index in [0.29, 0.717) is 5.82 Å². The Labute approximate surface area is 195 Å². The van der Waals surface area contributed by atoms with Gasteiger partial charge in [0.05, 0.1) is 16.6 Å². The number of pyridine rings is 1. The zero-order valence-electron chi connectivity index (χ0n) is 18.3. The Hall–Kier alpha value is -4.65. The van der Waals surface area contributed by atoms with E-state index in [1.165, 1.54) is 5.56 Å². The zero-order valence-corrected chi connectivity index (χ0v) is 18.3. The van der Waals surface area contributed by atoms with Crippen molar-refractivity contribution in [1.82, 2.24) is 25.1 Å². The molecule has 0 aliphatic carbocycles. The molecule has 166 valence electrons. The predicted molar refractivity (Wildman–Crippen MR) is 134 cm³/mol. The number of imidazole rings is 1. The Morgan fingerprint density at radius 1 is 0.853 bits per heavy atom. The standard InChI is InChI=1S/C27H22N6O/c1-2-6-20(7-3-1)34-21-9-11-23-22(16-21)26(33-32-23)27-30-24-10-8-19(15-25(24)31-27)29-14-12-18-5-4-13-28-17-18/h1-11,13,15-17,29H,12,14H2,(H,30,31)(H,32,33). The van der Waals surface area contributed by atoms with Crippen molar-refractivity contribution in [1.29, 1.82) is 0 Å². The van der Waals surface area contributed by atoms with Crippen molar-refractivity contribution in [2.24, 2.45) is 0 Å². The van der Waals surface area contributed by atoms with Crippen molar-refractivity contribution in [3.63, 3.8) is 0 Å². The third-order valence-electron chi connectivity index (χ3n) is 5.68. The van der Waals surface area contributed by atoms with Crippen molar-refractivity contribution in [2.45, 2.75) is 6.42 Å². The summed E-state index contributed by atoms with van der Waals surface area (Å²) < 4.78 is 6.01. The first kappa shape index (κ1) is 20.0. The van der Waals surface area contributed by atoms with Gasteiger partial charge in [0.15, 0.2) is 5.82 Å². The van der Waals surface area contributed by atoms with Crippen LogP contribution in [0.3, 0.4) is 0 Å². The molecule has 6 rings (SSSR count). The number of anilines is 1. The van der Waals surface area contributed by atoms with Gasteiger partial charge >= 0.3 is 0 Å². The lowest BCUT2D eigenvalue weighted by Crippen LogP contribution is -2.04. The molecular weight excluding hydrogens is 424 g/mol. The maximum absolute atomic E-state index is 6.01. The van der Waals surface area contributed by atoms with Gasteiger partial charge in [0.25, 0.3) is 0 Å². The van der Waals surface area contributed by atoms with Crippen LogP contribution in [0, 0.1) is 0 Å². The number of rotatable bonds is 7. The first-order valence-electron chi connectivity index (χ1n) is 11.2. The average molecular weight is 447 g/mol. The number of ether oxygens (including phenoxy) is 1. The molecule has 0 spiro atoms. The van der Waals surface area contributed by atoms with Crippen LogP contribution in [0.1, 0.15) is 5.56 Å². The van der Waals surface area contributed by atoms with Gasteiger partial charge in [0.1, 0.15) is 17.2 Å². The number of aromatic amines is 2. The molecule has 3 heterocycles. The number of nitrogens with one attached hydrogen (secondary N) is 3. The Balaban J connectivity index is 1.24. The Bertz CT molecular complexity index is 1560. The van der Waals surface area contributed by atoms with Gasteiger partial charge < -0.3 is 15.0 Å². The molecule has 3 aromatic carbocycles. The van der Waals surface area contributed by atoms with Crippen molar-refractivity contribution >= 4 is 27.6 Å². The smallest absolute Gasteiger partial charge is 0.159 e. The monoisotopic (exact) mass is 446 g/mol. The fourth-order valence-electron chi connectivity index (χ4n) is 3.99. The first-order chi connectivity index (χ1) is 16.8. The predicted octanol–water partition coefficient (Wildman–Crippen LogP) is 5.95. The van der Waals surface area contributed by atoms with E-state index >= 15 is 0 Å². The SMILES string of the molecule is c1ccc(Oc2ccc3[nH]nc(-c4nc5ccc(NCCc6cccnc6)cc5[nH]4)c3c2)cc1.